The van der Waals surface area contributed by atoms with Gasteiger partial charge >= 0.3 is 0 Å². The van der Waals surface area contributed by atoms with Crippen molar-refractivity contribution in [1.29, 1.82) is 0 Å². The van der Waals surface area contributed by atoms with Crippen LogP contribution in [0.2, 0.25) is 0 Å². The minimum absolute atomic E-state index is 0.261. The Bertz CT molecular complexity index is 1350. The van der Waals surface area contributed by atoms with Crippen molar-refractivity contribution < 1.29 is 9.18 Å². The number of halogens is 1. The minimum atomic E-state index is -0.709. The number of hydrogen-bond acceptors (Lipinski definition) is 4. The summed E-state index contributed by atoms with van der Waals surface area (Å²) in [5.41, 5.74) is 3.89. The predicted octanol–water partition coefficient (Wildman–Crippen LogP) is 5.78. The Labute approximate surface area is 189 Å². The van der Waals surface area contributed by atoms with E-state index in [9.17, 15) is 14.0 Å². The lowest BCUT2D eigenvalue weighted by Crippen LogP contribution is -2.33. The Morgan fingerprint density at radius 3 is 2.41 bits per heavy atom. The second-order valence-corrected chi connectivity index (χ2v) is 9.06. The summed E-state index contributed by atoms with van der Waals surface area (Å²) in [4.78, 5) is 32.8. The van der Waals surface area contributed by atoms with Crippen molar-refractivity contribution in [3.63, 3.8) is 0 Å². The van der Waals surface area contributed by atoms with E-state index in [0.29, 0.717) is 16.6 Å². The van der Waals surface area contributed by atoms with E-state index in [0.717, 1.165) is 32.8 Å². The lowest BCUT2D eigenvalue weighted by molar-refractivity contribution is -0.119. The molecule has 0 saturated carbocycles. The summed E-state index contributed by atoms with van der Waals surface area (Å²) >= 11 is 1.42. The zero-order chi connectivity index (χ0) is 23.0. The maximum atomic E-state index is 13.6. The van der Waals surface area contributed by atoms with Gasteiger partial charge in [0.2, 0.25) is 5.91 Å². The number of aryl methyl sites for hydroxylation is 3. The van der Waals surface area contributed by atoms with Crippen molar-refractivity contribution in [2.75, 3.05) is 5.32 Å². The van der Waals surface area contributed by atoms with E-state index in [1.165, 1.54) is 34.4 Å². The van der Waals surface area contributed by atoms with E-state index >= 15 is 0 Å². The Kier molecular flexibility index (Phi) is 5.93. The van der Waals surface area contributed by atoms with Crippen LogP contribution in [0.1, 0.15) is 35.4 Å². The number of benzene rings is 2. The molecule has 7 heteroatoms. The van der Waals surface area contributed by atoms with Gasteiger partial charge in [-0.25, -0.2) is 9.37 Å². The van der Waals surface area contributed by atoms with Gasteiger partial charge in [-0.3, -0.25) is 14.2 Å². The van der Waals surface area contributed by atoms with Crippen molar-refractivity contribution in [3.05, 3.63) is 81.0 Å². The topological polar surface area (TPSA) is 64.0 Å². The molecule has 1 amide bonds. The standard InChI is InChI=1S/C25H24FN3O2S/c1-5-19(23(30)28-22-14(2)7-6-8-15(22)3)29-13-27-24-21(25(29)31)20(16(4)32-24)17-9-11-18(26)12-10-17/h6-13,19H,5H2,1-4H3,(H,28,30). The largest absolute Gasteiger partial charge is 0.324 e. The van der Waals surface area contributed by atoms with Crippen LogP contribution >= 0.6 is 11.3 Å². The number of anilines is 1. The Morgan fingerprint density at radius 2 is 1.78 bits per heavy atom. The number of nitrogens with one attached hydrogen (secondary N) is 1. The van der Waals surface area contributed by atoms with Crippen LogP contribution in [0.3, 0.4) is 0 Å². The second kappa shape index (κ2) is 8.67. The average Bonchev–Trinajstić information content (AvgIpc) is 3.10. The second-order valence-electron chi connectivity index (χ2n) is 7.86. The fourth-order valence-corrected chi connectivity index (χ4v) is 5.03. The van der Waals surface area contributed by atoms with Gasteiger partial charge < -0.3 is 5.32 Å². The van der Waals surface area contributed by atoms with Crippen LogP contribution in [-0.4, -0.2) is 15.5 Å². The number of thiophene rings is 1. The third-order valence-corrected chi connectivity index (χ3v) is 6.71. The summed E-state index contributed by atoms with van der Waals surface area (Å²) in [6.45, 7) is 7.66. The molecule has 32 heavy (non-hydrogen) atoms. The number of nitrogens with zero attached hydrogens (tertiary/aromatic N) is 2. The highest BCUT2D eigenvalue weighted by molar-refractivity contribution is 7.19. The zero-order valence-electron chi connectivity index (χ0n) is 18.4. The lowest BCUT2D eigenvalue weighted by atomic mass is 10.0. The van der Waals surface area contributed by atoms with E-state index < -0.39 is 6.04 Å². The number of para-hydroxylation sites is 1. The number of amides is 1. The maximum absolute atomic E-state index is 13.6. The van der Waals surface area contributed by atoms with E-state index in [2.05, 4.69) is 10.3 Å². The molecule has 0 aliphatic rings. The van der Waals surface area contributed by atoms with Gasteiger partial charge in [-0.2, -0.15) is 0 Å². The highest BCUT2D eigenvalue weighted by Gasteiger charge is 2.24. The van der Waals surface area contributed by atoms with Crippen LogP contribution in [-0.2, 0) is 4.79 Å². The first-order valence-electron chi connectivity index (χ1n) is 10.4. The first-order chi connectivity index (χ1) is 15.3. The number of fused-ring (bicyclic) bond motifs is 1. The molecule has 2 heterocycles. The van der Waals surface area contributed by atoms with Crippen molar-refractivity contribution in [1.82, 2.24) is 9.55 Å². The van der Waals surface area contributed by atoms with Gasteiger partial charge in [0.25, 0.3) is 5.56 Å². The molecule has 1 atom stereocenters. The van der Waals surface area contributed by atoms with Gasteiger partial charge in [0.15, 0.2) is 0 Å². The Balaban J connectivity index is 1.80. The van der Waals surface area contributed by atoms with Crippen LogP contribution in [0, 0.1) is 26.6 Å². The molecule has 0 spiro atoms. The first-order valence-corrected chi connectivity index (χ1v) is 11.3. The summed E-state index contributed by atoms with van der Waals surface area (Å²) in [5.74, 6) is -0.598. The number of aromatic nitrogens is 2. The van der Waals surface area contributed by atoms with Crippen molar-refractivity contribution in [3.8, 4) is 11.1 Å². The smallest absolute Gasteiger partial charge is 0.263 e. The number of hydrogen-bond donors (Lipinski definition) is 1. The fraction of sp³-hybridized carbons (Fsp3) is 0.240. The molecule has 5 nitrogen and oxygen atoms in total. The van der Waals surface area contributed by atoms with Crippen molar-refractivity contribution in [2.24, 2.45) is 0 Å². The number of rotatable bonds is 5. The molecule has 2 aromatic heterocycles. The highest BCUT2D eigenvalue weighted by atomic mass is 32.1. The van der Waals surface area contributed by atoms with Crippen LogP contribution in [0.15, 0.2) is 53.6 Å². The van der Waals surface area contributed by atoms with Gasteiger partial charge in [0, 0.05) is 16.1 Å². The summed E-state index contributed by atoms with van der Waals surface area (Å²) in [5, 5.41) is 3.45. The van der Waals surface area contributed by atoms with E-state index in [1.807, 2.05) is 45.9 Å². The molecule has 0 aliphatic heterocycles. The van der Waals surface area contributed by atoms with Gasteiger partial charge in [0.1, 0.15) is 16.7 Å². The maximum Gasteiger partial charge on any atom is 0.263 e. The Hall–Kier alpha value is -3.32. The zero-order valence-corrected chi connectivity index (χ0v) is 19.2. The van der Waals surface area contributed by atoms with Gasteiger partial charge in [0.05, 0.1) is 11.7 Å². The molecule has 1 N–H and O–H groups in total. The molecule has 1 unspecified atom stereocenters. The van der Waals surface area contributed by atoms with Crippen LogP contribution in [0.4, 0.5) is 10.1 Å². The average molecular weight is 450 g/mol. The SMILES string of the molecule is CCC(C(=O)Nc1c(C)cccc1C)n1cnc2sc(C)c(-c3ccc(F)cc3)c2c1=O. The van der Waals surface area contributed by atoms with E-state index in [1.54, 1.807) is 12.1 Å². The third kappa shape index (κ3) is 3.84. The molecular formula is C25H24FN3O2S. The monoisotopic (exact) mass is 449 g/mol. The molecule has 164 valence electrons. The molecule has 4 aromatic rings. The summed E-state index contributed by atoms with van der Waals surface area (Å²) in [7, 11) is 0. The lowest BCUT2D eigenvalue weighted by Gasteiger charge is -2.19. The minimum Gasteiger partial charge on any atom is -0.324 e. The quantitative estimate of drug-likeness (QED) is 0.420. The molecule has 0 fully saturated rings. The third-order valence-electron chi connectivity index (χ3n) is 5.70. The molecule has 0 aliphatic carbocycles. The fourth-order valence-electron chi connectivity index (χ4n) is 4.03. The van der Waals surface area contributed by atoms with E-state index in [-0.39, 0.29) is 17.3 Å². The first kappa shape index (κ1) is 21.9. The molecule has 0 saturated heterocycles. The van der Waals surface area contributed by atoms with Crippen LogP contribution in [0.25, 0.3) is 21.3 Å². The van der Waals surface area contributed by atoms with Gasteiger partial charge in [-0.1, -0.05) is 37.3 Å². The number of carbonyl (C=O) groups excluding carboxylic acids is 1. The van der Waals surface area contributed by atoms with Gasteiger partial charge in [-0.15, -0.1) is 11.3 Å². The molecule has 4 rings (SSSR count). The summed E-state index contributed by atoms with van der Waals surface area (Å²) in [6.07, 6.45) is 1.88. The Morgan fingerprint density at radius 1 is 1.12 bits per heavy atom. The van der Waals surface area contributed by atoms with Gasteiger partial charge in [-0.05, 0) is 56.0 Å². The highest BCUT2D eigenvalue weighted by Crippen LogP contribution is 2.35. The predicted molar refractivity (Wildman–Crippen MR) is 128 cm³/mol. The van der Waals surface area contributed by atoms with Crippen LogP contribution < -0.4 is 10.9 Å². The van der Waals surface area contributed by atoms with Crippen LogP contribution in [0.5, 0.6) is 0 Å². The summed E-state index contributed by atoms with van der Waals surface area (Å²) < 4.78 is 14.8. The normalized spacial score (nSPS) is 12.2. The molecular weight excluding hydrogens is 425 g/mol. The molecule has 0 radical (unpaired) electrons. The summed E-state index contributed by atoms with van der Waals surface area (Å²) in [6, 6.07) is 11.2. The van der Waals surface area contributed by atoms with Crippen molar-refractivity contribution >= 4 is 33.1 Å². The molecule has 2 aromatic carbocycles. The van der Waals surface area contributed by atoms with Crippen molar-refractivity contribution in [2.45, 2.75) is 40.2 Å². The number of carbonyl (C=O) groups is 1. The van der Waals surface area contributed by atoms with E-state index in [4.69, 9.17) is 0 Å². The molecule has 0 bridgehead atoms.